The summed E-state index contributed by atoms with van der Waals surface area (Å²) in [7, 11) is 0. The molecule has 3 rings (SSSR count). The number of rotatable bonds is 46. The molecule has 3 aliphatic rings. The third kappa shape index (κ3) is 29.7. The van der Waals surface area contributed by atoms with Gasteiger partial charge in [-0.1, -0.05) is 189 Å². The Kier molecular flexibility index (Phi) is 41.6. The van der Waals surface area contributed by atoms with E-state index in [0.29, 0.717) is 12.8 Å². The molecule has 0 aliphatic carbocycles. The van der Waals surface area contributed by atoms with Crippen molar-refractivity contribution in [2.75, 3.05) is 26.4 Å². The van der Waals surface area contributed by atoms with Crippen LogP contribution in [0.2, 0.25) is 0 Å². The zero-order chi connectivity index (χ0) is 60.5. The van der Waals surface area contributed by atoms with Crippen molar-refractivity contribution >= 4 is 5.91 Å². The summed E-state index contributed by atoms with van der Waals surface area (Å²) in [6.07, 6.45) is 28.7. The summed E-state index contributed by atoms with van der Waals surface area (Å²) in [6.45, 7) is 1.57. The van der Waals surface area contributed by atoms with E-state index in [1.807, 2.05) is 6.08 Å². The van der Waals surface area contributed by atoms with Gasteiger partial charge in [0.2, 0.25) is 5.91 Å². The highest BCUT2D eigenvalue weighted by atomic mass is 16.8. The van der Waals surface area contributed by atoms with Gasteiger partial charge in [0.05, 0.1) is 38.6 Å². The Labute approximate surface area is 496 Å². The zero-order valence-corrected chi connectivity index (χ0v) is 50.1. The summed E-state index contributed by atoms with van der Waals surface area (Å²) in [4.78, 5) is 13.4. The van der Waals surface area contributed by atoms with Gasteiger partial charge in [-0.2, -0.15) is 0 Å². The largest absolute Gasteiger partial charge is 0.394 e. The maximum absolute atomic E-state index is 13.4. The molecule has 0 aromatic carbocycles. The van der Waals surface area contributed by atoms with Crippen LogP contribution in [0.15, 0.2) is 72.9 Å². The van der Waals surface area contributed by atoms with Crippen molar-refractivity contribution in [3.8, 4) is 0 Å². The van der Waals surface area contributed by atoms with Gasteiger partial charge in [0.25, 0.3) is 0 Å². The second-order valence-electron chi connectivity index (χ2n) is 22.5. The number of ether oxygens (including phenoxy) is 6. The number of amides is 1. The van der Waals surface area contributed by atoms with E-state index < -0.39 is 124 Å². The predicted molar refractivity (Wildman–Crippen MR) is 318 cm³/mol. The Balaban J connectivity index is 1.50. The van der Waals surface area contributed by atoms with Crippen molar-refractivity contribution in [1.82, 2.24) is 5.32 Å². The van der Waals surface area contributed by atoms with Crippen molar-refractivity contribution in [2.45, 2.75) is 298 Å². The Hall–Kier alpha value is -2.77. The second-order valence-corrected chi connectivity index (χ2v) is 22.5. The fraction of sp³-hybridized carbons (Fsp3) is 0.797. The van der Waals surface area contributed by atoms with E-state index >= 15 is 0 Å². The van der Waals surface area contributed by atoms with Crippen LogP contribution >= 0.6 is 0 Å². The molecule has 0 radical (unpaired) electrons. The smallest absolute Gasteiger partial charge is 0.220 e. The van der Waals surface area contributed by atoms with Gasteiger partial charge in [-0.3, -0.25) is 4.79 Å². The van der Waals surface area contributed by atoms with Crippen molar-refractivity contribution in [1.29, 1.82) is 0 Å². The molecule has 3 saturated heterocycles. The maximum atomic E-state index is 13.4. The molecule has 83 heavy (non-hydrogen) atoms. The Bertz CT molecular complexity index is 1790. The number of carbonyl (C=O) groups is 1. The van der Waals surface area contributed by atoms with Crippen LogP contribution in [0.4, 0.5) is 0 Å². The highest BCUT2D eigenvalue weighted by Crippen LogP contribution is 2.33. The molecule has 0 spiro atoms. The summed E-state index contributed by atoms with van der Waals surface area (Å²) < 4.78 is 34.3. The normalized spacial score (nSPS) is 29.9. The number of unbranched alkanes of at least 4 members (excludes halogenated alkanes) is 20. The van der Waals surface area contributed by atoms with Gasteiger partial charge in [-0.25, -0.2) is 0 Å². The molecule has 0 aromatic rings. The van der Waals surface area contributed by atoms with Crippen molar-refractivity contribution in [3.05, 3.63) is 72.9 Å². The van der Waals surface area contributed by atoms with Crippen molar-refractivity contribution < 1.29 is 89.4 Å². The van der Waals surface area contributed by atoms with Gasteiger partial charge in [0.15, 0.2) is 18.9 Å². The van der Waals surface area contributed by atoms with Crippen LogP contribution in [-0.4, -0.2) is 193 Å². The third-order valence-electron chi connectivity index (χ3n) is 15.5. The average molecular weight is 1180 g/mol. The minimum atomic E-state index is -1.98. The first-order valence-electron chi connectivity index (χ1n) is 31.7. The number of allylic oxidation sites excluding steroid dienone is 11. The van der Waals surface area contributed by atoms with Crippen LogP contribution in [0, 0.1) is 0 Å². The molecule has 17 atom stereocenters. The summed E-state index contributed by atoms with van der Waals surface area (Å²) in [5.74, 6) is -0.297. The molecule has 19 nitrogen and oxygen atoms in total. The van der Waals surface area contributed by atoms with Crippen molar-refractivity contribution in [3.63, 3.8) is 0 Å². The maximum Gasteiger partial charge on any atom is 0.220 e. The first kappa shape index (κ1) is 74.5. The highest BCUT2D eigenvalue weighted by Gasteiger charge is 2.53. The van der Waals surface area contributed by atoms with Crippen LogP contribution in [0.25, 0.3) is 0 Å². The number of nitrogens with one attached hydrogen (secondary N) is 1. The standard InChI is InChI=1S/C64H111NO18/c1-3-5-7-9-11-13-15-17-19-21-22-23-24-26-28-30-32-34-36-38-40-42-52(70)65-47(48(69)41-39-37-35-33-31-29-27-25-20-18-16-14-12-10-8-6-4-2)46-78-62-58(76)55(73)60(50(44-67)80-62)83-64-59(77)56(74)61(51(45-68)81-64)82-63-57(75)54(72)53(71)49(43-66)79-63/h5,7,11,13,17,19,22-23,31,33,39,41,47-51,53-64,66-69,71-77H,3-4,6,8-10,12,14-16,18,20-21,24-30,32,34-38,40,42-46H2,1-2H3,(H,65,70)/b7-5-,13-11-,19-17-,23-22-,33-31+,41-39+. The minimum Gasteiger partial charge on any atom is -0.394 e. The third-order valence-corrected chi connectivity index (χ3v) is 15.5. The predicted octanol–water partition coefficient (Wildman–Crippen LogP) is 6.60. The van der Waals surface area contributed by atoms with Crippen LogP contribution in [0.3, 0.4) is 0 Å². The highest BCUT2D eigenvalue weighted by molar-refractivity contribution is 5.76. The molecule has 19 heteroatoms. The van der Waals surface area contributed by atoms with E-state index in [2.05, 4.69) is 79.9 Å². The molecule has 12 N–H and O–H groups in total. The minimum absolute atomic E-state index is 0.222. The monoisotopic (exact) mass is 1180 g/mol. The van der Waals surface area contributed by atoms with Gasteiger partial charge in [0, 0.05) is 6.42 Å². The zero-order valence-electron chi connectivity index (χ0n) is 50.1. The van der Waals surface area contributed by atoms with E-state index in [1.165, 1.54) is 83.5 Å². The van der Waals surface area contributed by atoms with Crippen LogP contribution in [0.1, 0.15) is 194 Å². The molecule has 17 unspecified atom stereocenters. The van der Waals surface area contributed by atoms with E-state index in [0.717, 1.165) is 77.0 Å². The van der Waals surface area contributed by atoms with E-state index in [-0.39, 0.29) is 18.9 Å². The average Bonchev–Trinajstić information content (AvgIpc) is 3.34. The summed E-state index contributed by atoms with van der Waals surface area (Å²) in [5, 5.41) is 120. The molecular formula is C64H111NO18. The molecule has 0 aromatic heterocycles. The Morgan fingerprint density at radius 1 is 0.446 bits per heavy atom. The fourth-order valence-corrected chi connectivity index (χ4v) is 10.3. The number of aliphatic hydroxyl groups excluding tert-OH is 11. The lowest BCUT2D eigenvalue weighted by molar-refractivity contribution is -0.379. The number of aliphatic hydroxyl groups is 11. The lowest BCUT2D eigenvalue weighted by Gasteiger charge is -2.48. The molecule has 0 saturated carbocycles. The van der Waals surface area contributed by atoms with Crippen LogP contribution in [0.5, 0.6) is 0 Å². The van der Waals surface area contributed by atoms with E-state index in [4.69, 9.17) is 28.4 Å². The first-order chi connectivity index (χ1) is 40.3. The van der Waals surface area contributed by atoms with Gasteiger partial charge in [0.1, 0.15) is 73.2 Å². The second kappa shape index (κ2) is 46.4. The summed E-state index contributed by atoms with van der Waals surface area (Å²) in [6, 6.07) is -0.998. The number of hydrogen-bond donors (Lipinski definition) is 12. The van der Waals surface area contributed by atoms with Gasteiger partial charge in [-0.05, 0) is 70.6 Å². The van der Waals surface area contributed by atoms with Crippen LogP contribution in [-0.2, 0) is 33.2 Å². The number of carbonyl (C=O) groups excluding carboxylic acids is 1. The summed E-state index contributed by atoms with van der Waals surface area (Å²) in [5.41, 5.74) is 0. The fourth-order valence-electron chi connectivity index (χ4n) is 10.3. The first-order valence-corrected chi connectivity index (χ1v) is 31.7. The molecule has 480 valence electrons. The molecule has 3 heterocycles. The Morgan fingerprint density at radius 2 is 0.843 bits per heavy atom. The van der Waals surface area contributed by atoms with Crippen molar-refractivity contribution in [2.24, 2.45) is 0 Å². The van der Waals surface area contributed by atoms with Gasteiger partial charge in [-0.15, -0.1) is 0 Å². The number of hydrogen-bond acceptors (Lipinski definition) is 18. The molecular weight excluding hydrogens is 1070 g/mol. The molecule has 3 aliphatic heterocycles. The van der Waals surface area contributed by atoms with E-state index in [1.54, 1.807) is 6.08 Å². The molecule has 1 amide bonds. The molecule has 3 fully saturated rings. The summed E-state index contributed by atoms with van der Waals surface area (Å²) >= 11 is 0. The quantitative estimate of drug-likeness (QED) is 0.0226. The van der Waals surface area contributed by atoms with E-state index in [9.17, 15) is 61.0 Å². The lowest BCUT2D eigenvalue weighted by atomic mass is 9.96. The molecule has 0 bridgehead atoms. The van der Waals surface area contributed by atoms with Gasteiger partial charge >= 0.3 is 0 Å². The van der Waals surface area contributed by atoms with Crippen LogP contribution < -0.4 is 5.32 Å². The lowest BCUT2D eigenvalue weighted by Crippen LogP contribution is -2.66. The Morgan fingerprint density at radius 3 is 1.35 bits per heavy atom. The topological polar surface area (TPSA) is 307 Å². The van der Waals surface area contributed by atoms with Gasteiger partial charge < -0.3 is 89.9 Å². The SMILES string of the molecule is CC/C=C\C/C=C\C/C=C\C/C=C\CCCCCCCCCCC(=O)NC(COC1OC(CO)C(OC2OC(CO)C(OC3OC(CO)C(O)C(O)C3O)C(O)C2O)C(O)C1O)C(O)/C=C/CC/C=C/CCCCCCCCCCCCC.